The molecule has 8 heteroatoms. The molecule has 0 aliphatic carbocycles. The maximum Gasteiger partial charge on any atom is 0.387 e. The van der Waals surface area contributed by atoms with Crippen molar-refractivity contribution in [3.8, 4) is 17.2 Å². The average molecular weight is 384 g/mol. The molecule has 0 heterocycles. The Bertz CT molecular complexity index is 812. The zero-order valence-electron chi connectivity index (χ0n) is 14.0. The number of carbonyl (C=O) groups is 1. The summed E-state index contributed by atoms with van der Waals surface area (Å²) in [6.07, 6.45) is 2.81. The van der Waals surface area contributed by atoms with E-state index in [-0.39, 0.29) is 5.75 Å². The van der Waals surface area contributed by atoms with Crippen LogP contribution in [-0.4, -0.2) is 26.7 Å². The molecule has 138 valence electrons. The van der Waals surface area contributed by atoms with Crippen LogP contribution in [0.3, 0.4) is 0 Å². The second-order valence-corrected chi connectivity index (χ2v) is 5.37. The summed E-state index contributed by atoms with van der Waals surface area (Å²) >= 11 is 6.10. The van der Waals surface area contributed by atoms with Crippen LogP contribution in [0.5, 0.6) is 17.2 Å². The van der Waals surface area contributed by atoms with Crippen molar-refractivity contribution < 1.29 is 27.8 Å². The van der Waals surface area contributed by atoms with E-state index in [9.17, 15) is 13.6 Å². The van der Waals surface area contributed by atoms with E-state index >= 15 is 0 Å². The first kappa shape index (κ1) is 19.5. The normalized spacial score (nSPS) is 10.8. The number of nitrogens with one attached hydrogen (secondary N) is 1. The number of hydrogen-bond donors (Lipinski definition) is 1. The van der Waals surface area contributed by atoms with Crippen LogP contribution < -0.4 is 19.5 Å². The van der Waals surface area contributed by atoms with Gasteiger partial charge in [0, 0.05) is 17.8 Å². The second-order valence-electron chi connectivity index (χ2n) is 4.97. The van der Waals surface area contributed by atoms with Crippen LogP contribution in [0.25, 0.3) is 6.08 Å². The van der Waals surface area contributed by atoms with Crippen LogP contribution in [-0.2, 0) is 4.79 Å². The maximum absolute atomic E-state index is 12.2. The molecule has 0 fully saturated rings. The molecule has 26 heavy (non-hydrogen) atoms. The van der Waals surface area contributed by atoms with Crippen LogP contribution in [0.15, 0.2) is 42.5 Å². The van der Waals surface area contributed by atoms with Crippen molar-refractivity contribution in [2.24, 2.45) is 0 Å². The fraction of sp³-hybridized carbons (Fsp3) is 0.167. The number of halogens is 3. The highest BCUT2D eigenvalue weighted by Gasteiger charge is 2.10. The number of anilines is 1. The highest BCUT2D eigenvalue weighted by atomic mass is 35.5. The third kappa shape index (κ3) is 5.35. The predicted octanol–water partition coefficient (Wildman–Crippen LogP) is 4.61. The van der Waals surface area contributed by atoms with Crippen LogP contribution >= 0.6 is 11.6 Å². The van der Waals surface area contributed by atoms with E-state index in [1.54, 1.807) is 18.2 Å². The van der Waals surface area contributed by atoms with Gasteiger partial charge in [-0.2, -0.15) is 8.78 Å². The van der Waals surface area contributed by atoms with Gasteiger partial charge in [0.15, 0.2) is 11.5 Å². The summed E-state index contributed by atoms with van der Waals surface area (Å²) in [5.74, 6) is 0.321. The second kappa shape index (κ2) is 9.05. The molecule has 0 saturated heterocycles. The lowest BCUT2D eigenvalue weighted by atomic mass is 10.2. The van der Waals surface area contributed by atoms with Gasteiger partial charge >= 0.3 is 6.61 Å². The Labute approximate surface area is 154 Å². The van der Waals surface area contributed by atoms with E-state index in [0.717, 1.165) is 0 Å². The molecule has 2 aromatic carbocycles. The first-order valence-electron chi connectivity index (χ1n) is 7.38. The number of rotatable bonds is 7. The molecule has 0 aromatic heterocycles. The highest BCUT2D eigenvalue weighted by Crippen LogP contribution is 2.36. The molecule has 1 N–H and O–H groups in total. The predicted molar refractivity (Wildman–Crippen MR) is 95.3 cm³/mol. The van der Waals surface area contributed by atoms with Crippen molar-refractivity contribution in [2.45, 2.75) is 6.61 Å². The van der Waals surface area contributed by atoms with Gasteiger partial charge in [-0.1, -0.05) is 17.7 Å². The van der Waals surface area contributed by atoms with Crippen LogP contribution in [0.4, 0.5) is 14.5 Å². The fourth-order valence-corrected chi connectivity index (χ4v) is 2.44. The number of methoxy groups -OCH3 is 2. The van der Waals surface area contributed by atoms with Gasteiger partial charge in [0.2, 0.25) is 5.91 Å². The number of ether oxygens (including phenoxy) is 3. The molecule has 0 unspecified atom stereocenters. The van der Waals surface area contributed by atoms with Crippen LogP contribution in [0.2, 0.25) is 5.02 Å². The van der Waals surface area contributed by atoms with E-state index in [4.69, 9.17) is 21.1 Å². The molecule has 1 amide bonds. The van der Waals surface area contributed by atoms with Crippen molar-refractivity contribution in [1.82, 2.24) is 0 Å². The topological polar surface area (TPSA) is 56.8 Å². The van der Waals surface area contributed by atoms with Gasteiger partial charge in [-0.15, -0.1) is 0 Å². The minimum absolute atomic E-state index is 0.0477. The molecular weight excluding hydrogens is 368 g/mol. The lowest BCUT2D eigenvalue weighted by molar-refractivity contribution is -0.111. The molecular formula is C18H16ClF2NO4. The van der Waals surface area contributed by atoms with Gasteiger partial charge < -0.3 is 19.5 Å². The minimum atomic E-state index is -2.93. The summed E-state index contributed by atoms with van der Waals surface area (Å²) in [6, 6.07) is 8.98. The van der Waals surface area contributed by atoms with Crippen LogP contribution in [0.1, 0.15) is 5.56 Å². The van der Waals surface area contributed by atoms with Gasteiger partial charge in [0.25, 0.3) is 0 Å². The Morgan fingerprint density at radius 1 is 1.19 bits per heavy atom. The summed E-state index contributed by atoms with van der Waals surface area (Å²) in [4.78, 5) is 12.0. The molecule has 5 nitrogen and oxygen atoms in total. The largest absolute Gasteiger partial charge is 0.493 e. The fourth-order valence-electron chi connectivity index (χ4n) is 2.14. The average Bonchev–Trinajstić information content (AvgIpc) is 2.59. The Morgan fingerprint density at radius 3 is 2.62 bits per heavy atom. The molecule has 0 radical (unpaired) electrons. The zero-order chi connectivity index (χ0) is 19.1. The standard InChI is InChI=1S/C18H16ClF2NO4/c1-24-15-9-11(8-14(19)17(15)25-2)6-7-16(23)22-12-4-3-5-13(10-12)26-18(20)21/h3-10,18H,1-2H3,(H,22,23)/b7-6+. The molecule has 0 bridgehead atoms. The van der Waals surface area contributed by atoms with Crippen molar-refractivity contribution >= 4 is 29.3 Å². The Kier molecular flexibility index (Phi) is 6.80. The number of benzene rings is 2. The summed E-state index contributed by atoms with van der Waals surface area (Å²) < 4.78 is 39.1. The van der Waals surface area contributed by atoms with Gasteiger partial charge in [-0.05, 0) is 35.9 Å². The SMILES string of the molecule is COc1cc(/C=C/C(=O)Nc2cccc(OC(F)F)c2)cc(Cl)c1OC. The van der Waals surface area contributed by atoms with Crippen molar-refractivity contribution in [1.29, 1.82) is 0 Å². The quantitative estimate of drug-likeness (QED) is 0.709. The van der Waals surface area contributed by atoms with Gasteiger partial charge in [0.05, 0.1) is 19.2 Å². The molecule has 2 rings (SSSR count). The molecule has 0 atom stereocenters. The van der Waals surface area contributed by atoms with Crippen molar-refractivity contribution in [2.75, 3.05) is 19.5 Å². The van der Waals surface area contributed by atoms with Crippen molar-refractivity contribution in [3.05, 3.63) is 53.1 Å². The van der Waals surface area contributed by atoms with Crippen LogP contribution in [0, 0.1) is 0 Å². The molecule has 0 saturated carbocycles. The molecule has 0 spiro atoms. The van der Waals surface area contributed by atoms with Gasteiger partial charge in [-0.25, -0.2) is 0 Å². The smallest absolute Gasteiger partial charge is 0.387 e. The number of hydrogen-bond acceptors (Lipinski definition) is 4. The summed E-state index contributed by atoms with van der Waals surface area (Å²) in [5, 5.41) is 2.89. The molecule has 2 aromatic rings. The lowest BCUT2D eigenvalue weighted by Crippen LogP contribution is -2.08. The summed E-state index contributed by atoms with van der Waals surface area (Å²) in [6.45, 7) is -2.93. The number of amides is 1. The summed E-state index contributed by atoms with van der Waals surface area (Å²) in [5.41, 5.74) is 0.945. The third-order valence-corrected chi connectivity index (χ3v) is 3.49. The number of carbonyl (C=O) groups excluding carboxylic acids is 1. The maximum atomic E-state index is 12.2. The van der Waals surface area contributed by atoms with Crippen molar-refractivity contribution in [3.63, 3.8) is 0 Å². The molecule has 0 aliphatic heterocycles. The lowest BCUT2D eigenvalue weighted by Gasteiger charge is -2.10. The van der Waals surface area contributed by atoms with E-state index in [1.807, 2.05) is 0 Å². The third-order valence-electron chi connectivity index (χ3n) is 3.21. The molecule has 0 aliphatic rings. The zero-order valence-corrected chi connectivity index (χ0v) is 14.7. The first-order chi connectivity index (χ1) is 12.4. The Morgan fingerprint density at radius 2 is 1.96 bits per heavy atom. The Balaban J connectivity index is 2.09. The Hall–Kier alpha value is -2.80. The van der Waals surface area contributed by atoms with E-state index in [0.29, 0.717) is 27.8 Å². The van der Waals surface area contributed by atoms with E-state index < -0.39 is 12.5 Å². The number of alkyl halides is 2. The first-order valence-corrected chi connectivity index (χ1v) is 7.76. The van der Waals surface area contributed by atoms with E-state index in [2.05, 4.69) is 10.1 Å². The van der Waals surface area contributed by atoms with Gasteiger partial charge in [-0.3, -0.25) is 4.79 Å². The highest BCUT2D eigenvalue weighted by molar-refractivity contribution is 6.32. The monoisotopic (exact) mass is 383 g/mol. The minimum Gasteiger partial charge on any atom is -0.493 e. The van der Waals surface area contributed by atoms with E-state index in [1.165, 1.54) is 44.6 Å². The summed E-state index contributed by atoms with van der Waals surface area (Å²) in [7, 11) is 2.95. The van der Waals surface area contributed by atoms with Gasteiger partial charge in [0.1, 0.15) is 5.75 Å².